The Kier molecular flexibility index (Phi) is 6.10. The molecule has 1 aliphatic heterocycles. The van der Waals surface area contributed by atoms with Crippen LogP contribution in [0.1, 0.15) is 24.8 Å². The van der Waals surface area contributed by atoms with E-state index in [1.54, 1.807) is 0 Å². The molecule has 2 unspecified atom stereocenters. The number of hydrogen-bond donors (Lipinski definition) is 3. The molecular weight excluding hydrogens is 324 g/mol. The highest BCUT2D eigenvalue weighted by Crippen LogP contribution is 2.19. The van der Waals surface area contributed by atoms with Gasteiger partial charge in [0.05, 0.1) is 12.8 Å². The van der Waals surface area contributed by atoms with Gasteiger partial charge in [-0.3, -0.25) is 19.2 Å². The summed E-state index contributed by atoms with van der Waals surface area (Å²) in [5.41, 5.74) is 11.1. The number of primary amides is 2. The van der Waals surface area contributed by atoms with Crippen LogP contribution in [-0.2, 0) is 25.6 Å². The first-order chi connectivity index (χ1) is 11.9. The summed E-state index contributed by atoms with van der Waals surface area (Å²) in [5.74, 6) is -2.24. The van der Waals surface area contributed by atoms with Gasteiger partial charge in [0.2, 0.25) is 23.6 Å². The largest absolute Gasteiger partial charge is 0.370 e. The molecule has 1 aromatic rings. The first kappa shape index (κ1) is 18.4. The molecule has 1 fully saturated rings. The fourth-order valence-corrected chi connectivity index (χ4v) is 2.90. The number of benzene rings is 1. The standard InChI is InChI=1S/C17H22N4O4/c18-14(22)10-12(16(19)24)20-17(25)13-7-4-8-21(13)15(23)9-11-5-2-1-3-6-11/h1-3,5-6,12-13H,4,7-10H2,(H2,18,22)(H2,19,24)(H,20,25). The molecule has 1 heterocycles. The van der Waals surface area contributed by atoms with Crippen molar-refractivity contribution in [2.24, 2.45) is 11.5 Å². The minimum atomic E-state index is -1.17. The molecular formula is C17H22N4O4. The average molecular weight is 346 g/mol. The van der Waals surface area contributed by atoms with Gasteiger partial charge in [0, 0.05) is 6.54 Å². The van der Waals surface area contributed by atoms with E-state index in [1.807, 2.05) is 30.3 Å². The first-order valence-corrected chi connectivity index (χ1v) is 8.10. The minimum absolute atomic E-state index is 0.158. The lowest BCUT2D eigenvalue weighted by atomic mass is 10.1. The van der Waals surface area contributed by atoms with Crippen LogP contribution >= 0.6 is 0 Å². The third kappa shape index (κ3) is 5.03. The van der Waals surface area contributed by atoms with Crippen LogP contribution in [0.2, 0.25) is 0 Å². The monoisotopic (exact) mass is 346 g/mol. The van der Waals surface area contributed by atoms with E-state index in [1.165, 1.54) is 4.90 Å². The second-order valence-corrected chi connectivity index (χ2v) is 6.04. The van der Waals surface area contributed by atoms with E-state index in [9.17, 15) is 19.2 Å². The van der Waals surface area contributed by atoms with Crippen LogP contribution in [0.15, 0.2) is 30.3 Å². The third-order valence-corrected chi connectivity index (χ3v) is 4.14. The summed E-state index contributed by atoms with van der Waals surface area (Å²) < 4.78 is 0. The number of carbonyl (C=O) groups is 4. The van der Waals surface area contributed by atoms with E-state index in [4.69, 9.17) is 11.5 Å². The van der Waals surface area contributed by atoms with E-state index in [2.05, 4.69) is 5.32 Å². The summed E-state index contributed by atoms with van der Waals surface area (Å²) in [5, 5.41) is 2.43. The summed E-state index contributed by atoms with van der Waals surface area (Å²) in [6.07, 6.45) is 1.01. The summed E-state index contributed by atoms with van der Waals surface area (Å²) in [4.78, 5) is 48.8. The summed E-state index contributed by atoms with van der Waals surface area (Å²) in [7, 11) is 0. The van der Waals surface area contributed by atoms with Crippen molar-refractivity contribution in [2.45, 2.75) is 37.8 Å². The Hall–Kier alpha value is -2.90. The highest BCUT2D eigenvalue weighted by atomic mass is 16.2. The Morgan fingerprint density at radius 1 is 1.16 bits per heavy atom. The van der Waals surface area contributed by atoms with Crippen molar-refractivity contribution in [1.82, 2.24) is 10.2 Å². The number of rotatable bonds is 7. The van der Waals surface area contributed by atoms with Crippen molar-refractivity contribution in [3.63, 3.8) is 0 Å². The maximum absolute atomic E-state index is 12.5. The lowest BCUT2D eigenvalue weighted by molar-refractivity contribution is -0.139. The summed E-state index contributed by atoms with van der Waals surface area (Å²) in [6.45, 7) is 0.473. The van der Waals surface area contributed by atoms with E-state index in [-0.39, 0.29) is 18.7 Å². The summed E-state index contributed by atoms with van der Waals surface area (Å²) >= 11 is 0. The van der Waals surface area contributed by atoms with Crippen LogP contribution < -0.4 is 16.8 Å². The Morgan fingerprint density at radius 2 is 1.84 bits per heavy atom. The van der Waals surface area contributed by atoms with Crippen molar-refractivity contribution in [3.05, 3.63) is 35.9 Å². The molecule has 4 amide bonds. The molecule has 1 aliphatic rings. The van der Waals surface area contributed by atoms with Crippen molar-refractivity contribution < 1.29 is 19.2 Å². The fourth-order valence-electron chi connectivity index (χ4n) is 2.90. The van der Waals surface area contributed by atoms with Gasteiger partial charge < -0.3 is 21.7 Å². The van der Waals surface area contributed by atoms with Gasteiger partial charge in [-0.25, -0.2) is 0 Å². The molecule has 0 aromatic heterocycles. The molecule has 0 radical (unpaired) electrons. The van der Waals surface area contributed by atoms with Crippen molar-refractivity contribution >= 4 is 23.6 Å². The lowest BCUT2D eigenvalue weighted by Gasteiger charge is -2.25. The van der Waals surface area contributed by atoms with Gasteiger partial charge in [0.1, 0.15) is 12.1 Å². The van der Waals surface area contributed by atoms with E-state index >= 15 is 0 Å². The number of likely N-dealkylation sites (tertiary alicyclic amines) is 1. The predicted octanol–water partition coefficient (Wildman–Crippen LogP) is -0.934. The van der Waals surface area contributed by atoms with Gasteiger partial charge in [-0.2, -0.15) is 0 Å². The maximum Gasteiger partial charge on any atom is 0.243 e. The zero-order valence-corrected chi connectivity index (χ0v) is 13.8. The number of nitrogens with zero attached hydrogens (tertiary/aromatic N) is 1. The van der Waals surface area contributed by atoms with Gasteiger partial charge in [0.25, 0.3) is 0 Å². The van der Waals surface area contributed by atoms with Crippen molar-refractivity contribution in [3.8, 4) is 0 Å². The molecule has 0 bridgehead atoms. The number of carbonyl (C=O) groups excluding carboxylic acids is 4. The SMILES string of the molecule is NC(=O)CC(NC(=O)C1CCCN1C(=O)Cc1ccccc1)C(N)=O. The fraction of sp³-hybridized carbons (Fsp3) is 0.412. The molecule has 2 atom stereocenters. The molecule has 1 saturated heterocycles. The molecule has 0 aliphatic carbocycles. The maximum atomic E-state index is 12.5. The number of amides is 4. The van der Waals surface area contributed by atoms with E-state index in [0.29, 0.717) is 19.4 Å². The van der Waals surface area contributed by atoms with E-state index in [0.717, 1.165) is 5.56 Å². The van der Waals surface area contributed by atoms with Crippen LogP contribution in [0.25, 0.3) is 0 Å². The molecule has 0 spiro atoms. The quantitative estimate of drug-likeness (QED) is 0.587. The second-order valence-electron chi connectivity index (χ2n) is 6.04. The van der Waals surface area contributed by atoms with Crippen LogP contribution in [0.3, 0.4) is 0 Å². The molecule has 0 saturated carbocycles. The molecule has 5 N–H and O–H groups in total. The highest BCUT2D eigenvalue weighted by molar-refractivity contribution is 5.94. The Labute approximate surface area is 145 Å². The van der Waals surface area contributed by atoms with Crippen molar-refractivity contribution in [2.75, 3.05) is 6.54 Å². The first-order valence-electron chi connectivity index (χ1n) is 8.10. The molecule has 2 rings (SSSR count). The highest BCUT2D eigenvalue weighted by Gasteiger charge is 2.35. The third-order valence-electron chi connectivity index (χ3n) is 4.14. The van der Waals surface area contributed by atoms with Crippen LogP contribution in [0, 0.1) is 0 Å². The number of hydrogen-bond acceptors (Lipinski definition) is 4. The van der Waals surface area contributed by atoms with E-state index < -0.39 is 29.8 Å². The zero-order valence-electron chi connectivity index (χ0n) is 13.8. The molecule has 1 aromatic carbocycles. The normalized spacial score (nSPS) is 17.8. The summed E-state index contributed by atoms with van der Waals surface area (Å²) in [6, 6.07) is 7.40. The van der Waals surface area contributed by atoms with Crippen LogP contribution in [-0.4, -0.2) is 47.2 Å². The topological polar surface area (TPSA) is 136 Å². The number of nitrogens with two attached hydrogens (primary N) is 2. The zero-order chi connectivity index (χ0) is 18.4. The van der Waals surface area contributed by atoms with Crippen LogP contribution in [0.4, 0.5) is 0 Å². The molecule has 25 heavy (non-hydrogen) atoms. The molecule has 8 nitrogen and oxygen atoms in total. The molecule has 134 valence electrons. The lowest BCUT2D eigenvalue weighted by Crippen LogP contribution is -2.53. The van der Waals surface area contributed by atoms with Gasteiger partial charge in [-0.05, 0) is 18.4 Å². The van der Waals surface area contributed by atoms with Gasteiger partial charge >= 0.3 is 0 Å². The molecule has 8 heteroatoms. The Morgan fingerprint density at radius 3 is 2.44 bits per heavy atom. The predicted molar refractivity (Wildman–Crippen MR) is 89.8 cm³/mol. The van der Waals surface area contributed by atoms with Crippen LogP contribution in [0.5, 0.6) is 0 Å². The smallest absolute Gasteiger partial charge is 0.243 e. The van der Waals surface area contributed by atoms with Gasteiger partial charge in [-0.1, -0.05) is 30.3 Å². The minimum Gasteiger partial charge on any atom is -0.370 e. The number of nitrogens with one attached hydrogen (secondary N) is 1. The van der Waals surface area contributed by atoms with Crippen molar-refractivity contribution in [1.29, 1.82) is 0 Å². The average Bonchev–Trinajstić information content (AvgIpc) is 3.04. The second kappa shape index (κ2) is 8.27. The Balaban J connectivity index is 2.01. The van der Waals surface area contributed by atoms with Gasteiger partial charge in [0.15, 0.2) is 0 Å². The Bertz CT molecular complexity index is 662. The van der Waals surface area contributed by atoms with Gasteiger partial charge in [-0.15, -0.1) is 0 Å².